The zero-order valence-corrected chi connectivity index (χ0v) is 11.3. The molecular formula is C13H12F2N4S. The zero-order valence-electron chi connectivity index (χ0n) is 10.4. The highest BCUT2D eigenvalue weighted by atomic mass is 32.1. The number of anilines is 1. The summed E-state index contributed by atoms with van der Waals surface area (Å²) < 4.78 is 26.1. The molecule has 1 heterocycles. The van der Waals surface area contributed by atoms with Crippen molar-refractivity contribution >= 4 is 23.0 Å². The number of nitrogens with two attached hydrogens (primary N) is 1. The smallest absolute Gasteiger partial charge is 0.158 e. The molecule has 0 bridgehead atoms. The van der Waals surface area contributed by atoms with Crippen LogP contribution in [0.3, 0.4) is 0 Å². The van der Waals surface area contributed by atoms with Gasteiger partial charge in [0.15, 0.2) is 5.82 Å². The van der Waals surface area contributed by atoms with Crippen LogP contribution in [0.4, 0.5) is 14.6 Å². The number of thiocarbonyl (C=S) groups is 1. The summed E-state index contributed by atoms with van der Waals surface area (Å²) in [6.07, 6.45) is 1.92. The largest absolute Gasteiger partial charge is 0.389 e. The summed E-state index contributed by atoms with van der Waals surface area (Å²) >= 11 is 4.90. The maximum absolute atomic E-state index is 13.0. The highest BCUT2D eigenvalue weighted by Crippen LogP contribution is 2.11. The molecule has 0 radical (unpaired) electrons. The van der Waals surface area contributed by atoms with Crippen LogP contribution in [0.2, 0.25) is 0 Å². The van der Waals surface area contributed by atoms with Crippen molar-refractivity contribution in [3.05, 3.63) is 53.2 Å². The number of nitrogens with zero attached hydrogens (tertiary/aromatic N) is 2. The van der Waals surface area contributed by atoms with E-state index in [1.54, 1.807) is 6.07 Å². The van der Waals surface area contributed by atoms with Gasteiger partial charge < -0.3 is 11.1 Å². The molecule has 2 rings (SSSR count). The molecule has 0 saturated carbocycles. The first-order chi connectivity index (χ1) is 9.56. The predicted octanol–water partition coefficient (Wildman–Crippen LogP) is 2.04. The number of aromatic nitrogens is 2. The van der Waals surface area contributed by atoms with Crippen molar-refractivity contribution in [2.75, 3.05) is 11.9 Å². The summed E-state index contributed by atoms with van der Waals surface area (Å²) in [6.45, 7) is 0.428. The van der Waals surface area contributed by atoms with Gasteiger partial charge in [-0.3, -0.25) is 0 Å². The number of benzene rings is 1. The molecule has 0 aliphatic rings. The van der Waals surface area contributed by atoms with Crippen molar-refractivity contribution in [2.24, 2.45) is 5.73 Å². The number of hydrogen-bond donors (Lipinski definition) is 2. The van der Waals surface area contributed by atoms with Crippen LogP contribution in [0.25, 0.3) is 0 Å². The van der Waals surface area contributed by atoms with Gasteiger partial charge in [-0.05, 0) is 30.2 Å². The summed E-state index contributed by atoms with van der Waals surface area (Å²) in [5, 5.41) is 10.6. The van der Waals surface area contributed by atoms with Crippen molar-refractivity contribution in [1.29, 1.82) is 0 Å². The van der Waals surface area contributed by atoms with Crippen molar-refractivity contribution in [3.63, 3.8) is 0 Å². The lowest BCUT2D eigenvalue weighted by atomic mass is 10.1. The van der Waals surface area contributed by atoms with E-state index in [0.29, 0.717) is 29.9 Å². The topological polar surface area (TPSA) is 63.8 Å². The molecule has 20 heavy (non-hydrogen) atoms. The van der Waals surface area contributed by atoms with E-state index < -0.39 is 11.6 Å². The lowest BCUT2D eigenvalue weighted by molar-refractivity contribution is 0.580. The third-order valence-corrected chi connectivity index (χ3v) is 2.83. The Hall–Kier alpha value is -2.15. The standard InChI is InChI=1S/C13H12F2N4S/c14-9-5-8(6-10(15)7-9)1-3-17-13-11(12(16)20)2-4-18-19-13/h2,4-7H,1,3H2,(H2,16,20)(H,17,19). The van der Waals surface area contributed by atoms with Gasteiger partial charge in [-0.2, -0.15) is 5.10 Å². The molecule has 7 heteroatoms. The fourth-order valence-electron chi connectivity index (χ4n) is 1.74. The van der Waals surface area contributed by atoms with Crippen molar-refractivity contribution in [3.8, 4) is 0 Å². The minimum absolute atomic E-state index is 0.208. The first-order valence-electron chi connectivity index (χ1n) is 5.86. The van der Waals surface area contributed by atoms with Gasteiger partial charge in [-0.1, -0.05) is 12.2 Å². The Morgan fingerprint density at radius 2 is 1.95 bits per heavy atom. The van der Waals surface area contributed by atoms with E-state index in [2.05, 4.69) is 15.5 Å². The van der Waals surface area contributed by atoms with Crippen LogP contribution < -0.4 is 11.1 Å². The van der Waals surface area contributed by atoms with Gasteiger partial charge in [0.2, 0.25) is 0 Å². The Labute approximate surface area is 120 Å². The summed E-state index contributed by atoms with van der Waals surface area (Å²) in [6, 6.07) is 5.07. The second-order valence-electron chi connectivity index (χ2n) is 4.11. The van der Waals surface area contributed by atoms with Crippen LogP contribution in [-0.4, -0.2) is 21.7 Å². The Morgan fingerprint density at radius 1 is 1.25 bits per heavy atom. The van der Waals surface area contributed by atoms with Crippen LogP contribution in [0.5, 0.6) is 0 Å². The summed E-state index contributed by atoms with van der Waals surface area (Å²) in [5.74, 6) is -0.733. The molecule has 104 valence electrons. The van der Waals surface area contributed by atoms with Crippen LogP contribution in [0.1, 0.15) is 11.1 Å². The maximum atomic E-state index is 13.0. The van der Waals surface area contributed by atoms with Crippen LogP contribution in [0, 0.1) is 11.6 Å². The van der Waals surface area contributed by atoms with Crippen LogP contribution in [-0.2, 0) is 6.42 Å². The molecule has 0 amide bonds. The molecule has 0 spiro atoms. The molecular weight excluding hydrogens is 282 g/mol. The molecule has 4 nitrogen and oxygen atoms in total. The first kappa shape index (κ1) is 14.3. The number of hydrogen-bond acceptors (Lipinski definition) is 4. The third-order valence-electron chi connectivity index (χ3n) is 2.61. The average molecular weight is 294 g/mol. The first-order valence-corrected chi connectivity index (χ1v) is 6.27. The van der Waals surface area contributed by atoms with Crippen LogP contribution >= 0.6 is 12.2 Å². The molecule has 1 aromatic heterocycles. The number of nitrogens with one attached hydrogen (secondary N) is 1. The molecule has 0 fully saturated rings. The minimum Gasteiger partial charge on any atom is -0.389 e. The summed E-state index contributed by atoms with van der Waals surface area (Å²) in [7, 11) is 0. The second-order valence-corrected chi connectivity index (χ2v) is 4.55. The normalized spacial score (nSPS) is 10.3. The quantitative estimate of drug-likeness (QED) is 0.826. The monoisotopic (exact) mass is 294 g/mol. The summed E-state index contributed by atoms with van der Waals surface area (Å²) in [5.41, 5.74) is 6.70. The molecule has 0 aliphatic heterocycles. The molecule has 0 unspecified atom stereocenters. The second kappa shape index (κ2) is 6.33. The predicted molar refractivity (Wildman–Crippen MR) is 76.5 cm³/mol. The van der Waals surface area contributed by atoms with Gasteiger partial charge in [-0.15, -0.1) is 5.10 Å². The van der Waals surface area contributed by atoms with E-state index in [1.165, 1.54) is 18.3 Å². The van der Waals surface area contributed by atoms with Gasteiger partial charge in [0, 0.05) is 12.6 Å². The van der Waals surface area contributed by atoms with Crippen molar-refractivity contribution < 1.29 is 8.78 Å². The number of halogens is 2. The lowest BCUT2D eigenvalue weighted by Gasteiger charge is -2.09. The Morgan fingerprint density at radius 3 is 2.60 bits per heavy atom. The Balaban J connectivity index is 2.01. The van der Waals surface area contributed by atoms with Crippen LogP contribution in [0.15, 0.2) is 30.5 Å². The van der Waals surface area contributed by atoms with Gasteiger partial charge in [0.25, 0.3) is 0 Å². The minimum atomic E-state index is -0.594. The third kappa shape index (κ3) is 3.67. The maximum Gasteiger partial charge on any atom is 0.158 e. The molecule has 0 saturated heterocycles. The van der Waals surface area contributed by atoms with E-state index in [9.17, 15) is 8.78 Å². The van der Waals surface area contributed by atoms with Gasteiger partial charge >= 0.3 is 0 Å². The Bertz CT molecular complexity index is 613. The van der Waals surface area contributed by atoms with E-state index in [1.807, 2.05) is 0 Å². The lowest BCUT2D eigenvalue weighted by Crippen LogP contribution is -2.16. The van der Waals surface area contributed by atoms with Crippen molar-refractivity contribution in [1.82, 2.24) is 10.2 Å². The SMILES string of the molecule is NC(=S)c1ccnnc1NCCc1cc(F)cc(F)c1. The van der Waals surface area contributed by atoms with E-state index >= 15 is 0 Å². The molecule has 3 N–H and O–H groups in total. The molecule has 2 aromatic rings. The highest BCUT2D eigenvalue weighted by Gasteiger charge is 2.06. The van der Waals surface area contributed by atoms with E-state index in [4.69, 9.17) is 18.0 Å². The summed E-state index contributed by atoms with van der Waals surface area (Å²) in [4.78, 5) is 0.208. The fourth-order valence-corrected chi connectivity index (χ4v) is 1.91. The molecule has 1 aromatic carbocycles. The highest BCUT2D eigenvalue weighted by molar-refractivity contribution is 7.80. The van der Waals surface area contributed by atoms with Crippen molar-refractivity contribution in [2.45, 2.75) is 6.42 Å². The van der Waals surface area contributed by atoms with Gasteiger partial charge in [-0.25, -0.2) is 8.78 Å². The molecule has 0 atom stereocenters. The van der Waals surface area contributed by atoms with Gasteiger partial charge in [0.05, 0.1) is 11.8 Å². The van der Waals surface area contributed by atoms with Gasteiger partial charge in [0.1, 0.15) is 16.6 Å². The van der Waals surface area contributed by atoms with E-state index in [-0.39, 0.29) is 4.99 Å². The zero-order chi connectivity index (χ0) is 14.5. The average Bonchev–Trinajstić information content (AvgIpc) is 2.38. The van der Waals surface area contributed by atoms with E-state index in [0.717, 1.165) is 6.07 Å². The Kier molecular flexibility index (Phi) is 4.52. The fraction of sp³-hybridized carbons (Fsp3) is 0.154. The number of rotatable bonds is 5. The molecule has 0 aliphatic carbocycles.